The normalized spacial score (nSPS) is 10.4. The lowest BCUT2D eigenvalue weighted by molar-refractivity contribution is 0.399. The minimum absolute atomic E-state index is 0.562. The largest absolute Gasteiger partial charge is 0.497 e. The van der Waals surface area contributed by atoms with Gasteiger partial charge in [0.15, 0.2) is 5.82 Å². The summed E-state index contributed by atoms with van der Waals surface area (Å²) in [7, 11) is 5.02. The Morgan fingerprint density at radius 1 is 1.28 bits per heavy atom. The lowest BCUT2D eigenvalue weighted by Crippen LogP contribution is -2.07. The number of tetrazole rings is 1. The fourth-order valence-electron chi connectivity index (χ4n) is 1.53. The molecule has 1 aromatic heterocycles. The fourth-order valence-corrected chi connectivity index (χ4v) is 1.53. The summed E-state index contributed by atoms with van der Waals surface area (Å²) >= 11 is 0. The third kappa shape index (κ3) is 2.40. The van der Waals surface area contributed by atoms with Crippen LogP contribution < -0.4 is 14.8 Å². The van der Waals surface area contributed by atoms with Gasteiger partial charge in [0.25, 0.3) is 0 Å². The summed E-state index contributed by atoms with van der Waals surface area (Å²) in [5.74, 6) is 1.98. The first-order valence-corrected chi connectivity index (χ1v) is 5.44. The van der Waals surface area contributed by atoms with Gasteiger partial charge in [-0.1, -0.05) is 0 Å². The Labute approximate surface area is 105 Å². The molecule has 96 valence electrons. The topological polar surface area (TPSA) is 74.1 Å². The molecule has 0 amide bonds. The van der Waals surface area contributed by atoms with Crippen LogP contribution in [-0.2, 0) is 6.54 Å². The lowest BCUT2D eigenvalue weighted by atomic mass is 10.3. The van der Waals surface area contributed by atoms with Crippen LogP contribution in [-0.4, -0.2) is 41.5 Å². The van der Waals surface area contributed by atoms with E-state index in [-0.39, 0.29) is 0 Å². The van der Waals surface area contributed by atoms with Crippen LogP contribution in [0.2, 0.25) is 0 Å². The van der Waals surface area contributed by atoms with Crippen LogP contribution in [0.15, 0.2) is 18.2 Å². The van der Waals surface area contributed by atoms with Gasteiger partial charge >= 0.3 is 0 Å². The highest BCUT2D eigenvalue weighted by atomic mass is 16.5. The number of methoxy groups -OCH3 is 2. The van der Waals surface area contributed by atoms with Crippen molar-refractivity contribution in [3.8, 4) is 17.2 Å². The zero-order chi connectivity index (χ0) is 13.0. The molecule has 0 atom stereocenters. The maximum absolute atomic E-state index is 5.27. The summed E-state index contributed by atoms with van der Waals surface area (Å²) in [5, 5.41) is 15.1. The number of nitrogens with zero attached hydrogens (tertiary/aromatic N) is 4. The van der Waals surface area contributed by atoms with E-state index in [4.69, 9.17) is 9.47 Å². The van der Waals surface area contributed by atoms with Crippen molar-refractivity contribution in [2.24, 2.45) is 0 Å². The summed E-state index contributed by atoms with van der Waals surface area (Å²) in [6, 6.07) is 5.41. The Balaban J connectivity index is 2.40. The summed E-state index contributed by atoms with van der Waals surface area (Å²) in [5.41, 5.74) is 0.687. The Bertz CT molecular complexity index is 526. The van der Waals surface area contributed by atoms with Gasteiger partial charge in [-0.3, -0.25) is 0 Å². The van der Waals surface area contributed by atoms with E-state index in [1.807, 2.05) is 13.1 Å². The van der Waals surface area contributed by atoms with Crippen molar-refractivity contribution >= 4 is 0 Å². The number of nitrogens with one attached hydrogen (secondary N) is 1. The van der Waals surface area contributed by atoms with E-state index in [9.17, 15) is 0 Å². The Morgan fingerprint density at radius 2 is 2.11 bits per heavy atom. The van der Waals surface area contributed by atoms with Gasteiger partial charge in [-0.15, -0.1) is 15.0 Å². The van der Waals surface area contributed by atoms with Crippen LogP contribution in [0.3, 0.4) is 0 Å². The molecule has 2 aromatic rings. The Hall–Kier alpha value is -2.15. The molecule has 0 unspecified atom stereocenters. The molecular formula is C11H15N5O2. The predicted octanol–water partition coefficient (Wildman–Crippen LogP) is 0.399. The van der Waals surface area contributed by atoms with Crippen molar-refractivity contribution in [2.75, 3.05) is 21.3 Å². The van der Waals surface area contributed by atoms with Crippen LogP contribution in [0.25, 0.3) is 5.69 Å². The van der Waals surface area contributed by atoms with E-state index < -0.39 is 0 Å². The summed E-state index contributed by atoms with van der Waals surface area (Å²) in [6.45, 7) is 0.562. The molecule has 7 nitrogen and oxygen atoms in total. The predicted molar refractivity (Wildman–Crippen MR) is 65.0 cm³/mol. The minimum atomic E-state index is 0.562. The number of benzene rings is 1. The first-order valence-electron chi connectivity index (χ1n) is 5.44. The van der Waals surface area contributed by atoms with E-state index in [2.05, 4.69) is 20.7 Å². The van der Waals surface area contributed by atoms with Crippen LogP contribution in [0.1, 0.15) is 5.82 Å². The van der Waals surface area contributed by atoms with E-state index >= 15 is 0 Å². The van der Waals surface area contributed by atoms with Crippen molar-refractivity contribution in [3.63, 3.8) is 0 Å². The molecule has 2 rings (SSSR count). The number of hydrogen-bond acceptors (Lipinski definition) is 6. The standard InChI is InChI=1S/C11H15N5O2/c1-12-7-11-13-15-16(14-11)9-6-8(17-2)4-5-10(9)18-3/h4-6,12H,7H2,1-3H3. The van der Waals surface area contributed by atoms with Crippen molar-refractivity contribution in [1.29, 1.82) is 0 Å². The fraction of sp³-hybridized carbons (Fsp3) is 0.364. The van der Waals surface area contributed by atoms with Crippen molar-refractivity contribution in [2.45, 2.75) is 6.54 Å². The van der Waals surface area contributed by atoms with Crippen molar-refractivity contribution < 1.29 is 9.47 Å². The number of hydrogen-bond donors (Lipinski definition) is 1. The van der Waals surface area contributed by atoms with Gasteiger partial charge in [-0.25, -0.2) is 0 Å². The van der Waals surface area contributed by atoms with E-state index in [1.54, 1.807) is 26.4 Å². The highest BCUT2D eigenvalue weighted by Crippen LogP contribution is 2.26. The highest BCUT2D eigenvalue weighted by molar-refractivity contribution is 5.49. The molecule has 0 spiro atoms. The average molecular weight is 249 g/mol. The van der Waals surface area contributed by atoms with Crippen LogP contribution in [0.4, 0.5) is 0 Å². The first kappa shape index (κ1) is 12.3. The maximum atomic E-state index is 5.27. The molecule has 1 aromatic carbocycles. The summed E-state index contributed by atoms with van der Waals surface area (Å²) in [4.78, 5) is 1.42. The molecule has 18 heavy (non-hydrogen) atoms. The maximum Gasteiger partial charge on any atom is 0.188 e. The van der Waals surface area contributed by atoms with E-state index in [1.165, 1.54) is 4.80 Å². The van der Waals surface area contributed by atoms with Crippen molar-refractivity contribution in [1.82, 2.24) is 25.5 Å². The van der Waals surface area contributed by atoms with Gasteiger partial charge in [-0.05, 0) is 24.4 Å². The zero-order valence-corrected chi connectivity index (χ0v) is 10.5. The third-order valence-corrected chi connectivity index (χ3v) is 2.39. The third-order valence-electron chi connectivity index (χ3n) is 2.39. The Morgan fingerprint density at radius 3 is 2.78 bits per heavy atom. The highest BCUT2D eigenvalue weighted by Gasteiger charge is 2.11. The smallest absolute Gasteiger partial charge is 0.188 e. The molecular weight excluding hydrogens is 234 g/mol. The van der Waals surface area contributed by atoms with Crippen LogP contribution in [0, 0.1) is 0 Å². The molecule has 0 fully saturated rings. The van der Waals surface area contributed by atoms with Crippen molar-refractivity contribution in [3.05, 3.63) is 24.0 Å². The zero-order valence-electron chi connectivity index (χ0n) is 10.5. The molecule has 0 aliphatic rings. The quantitative estimate of drug-likeness (QED) is 0.826. The first-order chi connectivity index (χ1) is 8.78. The van der Waals surface area contributed by atoms with E-state index in [0.717, 1.165) is 0 Å². The molecule has 1 N–H and O–H groups in total. The molecule has 0 bridgehead atoms. The van der Waals surface area contributed by atoms with Gasteiger partial charge in [0.1, 0.15) is 17.2 Å². The Kier molecular flexibility index (Phi) is 3.73. The second-order valence-corrected chi connectivity index (χ2v) is 3.56. The second kappa shape index (κ2) is 5.46. The minimum Gasteiger partial charge on any atom is -0.497 e. The molecule has 7 heteroatoms. The summed E-state index contributed by atoms with van der Waals surface area (Å²) in [6.07, 6.45) is 0. The van der Waals surface area contributed by atoms with Gasteiger partial charge in [0.05, 0.1) is 20.8 Å². The van der Waals surface area contributed by atoms with Gasteiger partial charge < -0.3 is 14.8 Å². The molecule has 0 saturated heterocycles. The molecule has 0 saturated carbocycles. The van der Waals surface area contributed by atoms with E-state index in [0.29, 0.717) is 29.6 Å². The van der Waals surface area contributed by atoms with Crippen LogP contribution in [0.5, 0.6) is 11.5 Å². The molecule has 1 heterocycles. The number of aromatic nitrogens is 4. The second-order valence-electron chi connectivity index (χ2n) is 3.56. The lowest BCUT2D eigenvalue weighted by Gasteiger charge is -2.08. The average Bonchev–Trinajstić information content (AvgIpc) is 2.87. The number of ether oxygens (including phenoxy) is 2. The summed E-state index contributed by atoms with van der Waals surface area (Å²) < 4.78 is 10.4. The molecule has 0 aliphatic heterocycles. The number of rotatable bonds is 5. The van der Waals surface area contributed by atoms with Gasteiger partial charge in [0, 0.05) is 6.07 Å². The molecule has 0 radical (unpaired) electrons. The molecule has 0 aliphatic carbocycles. The van der Waals surface area contributed by atoms with Crippen LogP contribution >= 0.6 is 0 Å². The van der Waals surface area contributed by atoms with Gasteiger partial charge in [-0.2, -0.15) is 0 Å². The van der Waals surface area contributed by atoms with Gasteiger partial charge in [0.2, 0.25) is 0 Å². The monoisotopic (exact) mass is 249 g/mol. The SMILES string of the molecule is CNCc1nnn(-c2cc(OC)ccc2OC)n1.